The van der Waals surface area contributed by atoms with Gasteiger partial charge in [0.2, 0.25) is 17.7 Å². The van der Waals surface area contributed by atoms with Crippen LogP contribution < -0.4 is 15.4 Å². The Labute approximate surface area is 183 Å². The molecule has 3 rings (SSSR count). The van der Waals surface area contributed by atoms with Crippen molar-refractivity contribution in [2.75, 3.05) is 16.8 Å². The van der Waals surface area contributed by atoms with Gasteiger partial charge in [-0.1, -0.05) is 28.1 Å². The van der Waals surface area contributed by atoms with Gasteiger partial charge in [-0.25, -0.2) is 4.98 Å². The number of carbonyl (C=O) groups excluding carboxylic acids is 2. The van der Waals surface area contributed by atoms with Crippen LogP contribution in [-0.4, -0.2) is 34.4 Å². The molecule has 0 radical (unpaired) electrons. The monoisotopic (exact) mass is 477 g/mol. The Morgan fingerprint density at radius 1 is 1.14 bits per heavy atom. The molecule has 2 N–H and O–H groups in total. The zero-order valence-corrected chi connectivity index (χ0v) is 18.4. The predicted molar refractivity (Wildman–Crippen MR) is 119 cm³/mol. The molecule has 1 fully saturated rings. The quantitative estimate of drug-likeness (QED) is 0.566. The molecule has 1 heterocycles. The van der Waals surface area contributed by atoms with Crippen molar-refractivity contribution in [1.29, 1.82) is 0 Å². The molecular formula is C21H24BrN3O3S. The molecule has 1 aliphatic rings. The fraction of sp³-hybridized carbons (Fsp3) is 0.381. The number of anilines is 1. The molecule has 6 nitrogen and oxygen atoms in total. The summed E-state index contributed by atoms with van der Waals surface area (Å²) < 4.78 is 6.89. The lowest BCUT2D eigenvalue weighted by atomic mass is 10.2. The van der Waals surface area contributed by atoms with Crippen molar-refractivity contribution < 1.29 is 14.3 Å². The summed E-state index contributed by atoms with van der Waals surface area (Å²) in [5.41, 5.74) is 1.59. The third-order valence-corrected chi connectivity index (χ3v) is 5.91. The van der Waals surface area contributed by atoms with E-state index in [-0.39, 0.29) is 29.4 Å². The number of benzene rings is 1. The average Bonchev–Trinajstić information content (AvgIpc) is 3.20. The normalized spacial score (nSPS) is 13.8. The summed E-state index contributed by atoms with van der Waals surface area (Å²) >= 11 is 4.64. The zero-order chi connectivity index (χ0) is 20.5. The number of aromatic nitrogens is 1. The van der Waals surface area contributed by atoms with Crippen LogP contribution in [0.1, 0.15) is 31.2 Å². The molecule has 1 saturated carbocycles. The number of pyridine rings is 1. The Bertz CT molecular complexity index is 843. The molecule has 0 bridgehead atoms. The van der Waals surface area contributed by atoms with Crippen LogP contribution in [-0.2, 0) is 16.1 Å². The summed E-state index contributed by atoms with van der Waals surface area (Å²) in [7, 11) is 0. The number of halogens is 1. The Kier molecular flexibility index (Phi) is 8.37. The van der Waals surface area contributed by atoms with Gasteiger partial charge < -0.3 is 15.4 Å². The molecule has 0 unspecified atom stereocenters. The molecule has 0 spiro atoms. The van der Waals surface area contributed by atoms with Crippen LogP contribution in [0.25, 0.3) is 0 Å². The summed E-state index contributed by atoms with van der Waals surface area (Å²) in [5.74, 6) is 0.760. The zero-order valence-electron chi connectivity index (χ0n) is 16.0. The van der Waals surface area contributed by atoms with Crippen LogP contribution in [0.3, 0.4) is 0 Å². The largest absolute Gasteiger partial charge is 0.474 e. The highest BCUT2D eigenvalue weighted by atomic mass is 79.9. The maximum Gasteiger partial charge on any atom is 0.234 e. The highest BCUT2D eigenvalue weighted by Gasteiger charge is 2.18. The van der Waals surface area contributed by atoms with E-state index in [0.29, 0.717) is 12.4 Å². The number of rotatable bonds is 9. The summed E-state index contributed by atoms with van der Waals surface area (Å²) in [4.78, 5) is 28.4. The number of hydrogen-bond donors (Lipinski definition) is 2. The second-order valence-electron chi connectivity index (χ2n) is 6.82. The van der Waals surface area contributed by atoms with E-state index >= 15 is 0 Å². The van der Waals surface area contributed by atoms with E-state index in [1.807, 2.05) is 36.4 Å². The predicted octanol–water partition coefficient (Wildman–Crippen LogP) is 4.15. The van der Waals surface area contributed by atoms with Gasteiger partial charge in [-0.15, -0.1) is 11.8 Å². The van der Waals surface area contributed by atoms with Gasteiger partial charge in [0.25, 0.3) is 0 Å². The Hall–Kier alpha value is -2.06. The van der Waals surface area contributed by atoms with Crippen molar-refractivity contribution in [1.82, 2.24) is 10.3 Å². The first-order valence-electron chi connectivity index (χ1n) is 9.60. The second kappa shape index (κ2) is 11.2. The molecular weight excluding hydrogens is 454 g/mol. The fourth-order valence-electron chi connectivity index (χ4n) is 3.07. The van der Waals surface area contributed by atoms with E-state index in [9.17, 15) is 9.59 Å². The molecule has 0 aliphatic heterocycles. The standard InChI is InChI=1S/C21H24BrN3O3S/c22-16-6-3-7-17(11-16)25-20(27)14-29-13-19(26)24-12-15-5-4-10-23-21(15)28-18-8-1-2-9-18/h3-7,10-11,18H,1-2,8-9,12-14H2,(H,24,26)(H,25,27). The SMILES string of the molecule is O=C(CSCC(=O)Nc1cccc(Br)c1)NCc1cccnc1OC1CCCC1. The van der Waals surface area contributed by atoms with Crippen molar-refractivity contribution in [3.8, 4) is 5.88 Å². The summed E-state index contributed by atoms with van der Waals surface area (Å²) in [6, 6.07) is 11.1. The number of nitrogens with zero attached hydrogens (tertiary/aromatic N) is 1. The molecule has 1 aromatic carbocycles. The number of amides is 2. The van der Waals surface area contributed by atoms with Crippen LogP contribution in [0.5, 0.6) is 5.88 Å². The minimum atomic E-state index is -0.139. The Morgan fingerprint density at radius 2 is 1.93 bits per heavy atom. The Balaban J connectivity index is 1.38. The summed E-state index contributed by atoms with van der Waals surface area (Å²) in [6.07, 6.45) is 6.42. The van der Waals surface area contributed by atoms with Crippen molar-refractivity contribution in [2.45, 2.75) is 38.3 Å². The minimum Gasteiger partial charge on any atom is -0.474 e. The highest BCUT2D eigenvalue weighted by molar-refractivity contribution is 9.10. The van der Waals surface area contributed by atoms with Gasteiger partial charge in [-0.3, -0.25) is 9.59 Å². The smallest absolute Gasteiger partial charge is 0.234 e. The first-order chi connectivity index (χ1) is 14.1. The Morgan fingerprint density at radius 3 is 2.72 bits per heavy atom. The molecule has 154 valence electrons. The maximum absolute atomic E-state index is 12.1. The molecule has 0 atom stereocenters. The number of nitrogens with one attached hydrogen (secondary N) is 2. The second-order valence-corrected chi connectivity index (χ2v) is 8.72. The topological polar surface area (TPSA) is 80.3 Å². The summed E-state index contributed by atoms with van der Waals surface area (Å²) in [6.45, 7) is 0.361. The van der Waals surface area contributed by atoms with Crippen LogP contribution in [0, 0.1) is 0 Å². The van der Waals surface area contributed by atoms with Crippen LogP contribution in [0.15, 0.2) is 47.1 Å². The first kappa shape index (κ1) is 21.6. The lowest BCUT2D eigenvalue weighted by Crippen LogP contribution is -2.26. The van der Waals surface area contributed by atoms with Gasteiger partial charge in [-0.2, -0.15) is 0 Å². The lowest BCUT2D eigenvalue weighted by molar-refractivity contribution is -0.118. The molecule has 0 saturated heterocycles. The van der Waals surface area contributed by atoms with Gasteiger partial charge in [0.1, 0.15) is 6.10 Å². The average molecular weight is 478 g/mol. The van der Waals surface area contributed by atoms with Crippen molar-refractivity contribution in [3.63, 3.8) is 0 Å². The van der Waals surface area contributed by atoms with Crippen molar-refractivity contribution in [2.24, 2.45) is 0 Å². The van der Waals surface area contributed by atoms with E-state index in [2.05, 4.69) is 31.5 Å². The van der Waals surface area contributed by atoms with Gasteiger partial charge in [0.15, 0.2) is 0 Å². The van der Waals surface area contributed by atoms with Gasteiger partial charge >= 0.3 is 0 Å². The number of hydrogen-bond acceptors (Lipinski definition) is 5. The van der Waals surface area contributed by atoms with Crippen LogP contribution in [0.2, 0.25) is 0 Å². The van der Waals surface area contributed by atoms with Crippen LogP contribution >= 0.6 is 27.7 Å². The highest BCUT2D eigenvalue weighted by Crippen LogP contribution is 2.25. The van der Waals surface area contributed by atoms with Crippen molar-refractivity contribution >= 4 is 45.2 Å². The molecule has 29 heavy (non-hydrogen) atoms. The third kappa shape index (κ3) is 7.36. The van der Waals surface area contributed by atoms with E-state index in [1.165, 1.54) is 24.6 Å². The van der Waals surface area contributed by atoms with Crippen molar-refractivity contribution in [3.05, 3.63) is 52.6 Å². The molecule has 2 amide bonds. The summed E-state index contributed by atoms with van der Waals surface area (Å²) in [5, 5.41) is 5.69. The molecule has 2 aromatic rings. The minimum absolute atomic E-state index is 0.124. The molecule has 1 aliphatic carbocycles. The fourth-order valence-corrected chi connectivity index (χ4v) is 4.12. The maximum atomic E-state index is 12.1. The number of thioether (sulfide) groups is 1. The van der Waals surface area contributed by atoms with Crippen LogP contribution in [0.4, 0.5) is 5.69 Å². The first-order valence-corrected chi connectivity index (χ1v) is 11.6. The van der Waals surface area contributed by atoms with Gasteiger partial charge in [0.05, 0.1) is 11.5 Å². The third-order valence-electron chi connectivity index (χ3n) is 4.48. The number of ether oxygens (including phenoxy) is 1. The van der Waals surface area contributed by atoms with E-state index in [0.717, 1.165) is 28.6 Å². The van der Waals surface area contributed by atoms with E-state index < -0.39 is 0 Å². The number of carbonyl (C=O) groups is 2. The van der Waals surface area contributed by atoms with Gasteiger partial charge in [0, 0.05) is 28.5 Å². The lowest BCUT2D eigenvalue weighted by Gasteiger charge is -2.15. The molecule has 8 heteroatoms. The van der Waals surface area contributed by atoms with Gasteiger partial charge in [-0.05, 0) is 49.9 Å². The molecule has 1 aromatic heterocycles. The van der Waals surface area contributed by atoms with E-state index in [1.54, 1.807) is 6.20 Å². The van der Waals surface area contributed by atoms with E-state index in [4.69, 9.17) is 4.74 Å².